The molecule has 0 fully saturated rings. The van der Waals surface area contributed by atoms with Crippen molar-refractivity contribution in [1.29, 1.82) is 0 Å². The summed E-state index contributed by atoms with van der Waals surface area (Å²) in [5.41, 5.74) is 0. The Kier molecular flexibility index (Phi) is 6.68. The topological polar surface area (TPSA) is 86.7 Å². The molecule has 0 aliphatic carbocycles. The lowest BCUT2D eigenvalue weighted by atomic mass is 10.6. The number of carbonyl (C=O) groups is 2. The van der Waals surface area contributed by atoms with E-state index in [1.165, 1.54) is 7.05 Å². The van der Waals surface area contributed by atoms with Gasteiger partial charge in [-0.05, 0) is 0 Å². The highest BCUT2D eigenvalue weighted by Gasteiger charge is 2.10. The predicted octanol–water partition coefficient (Wildman–Crippen LogP) is -0.519. The van der Waals surface area contributed by atoms with Crippen molar-refractivity contribution in [2.24, 2.45) is 0 Å². The van der Waals surface area contributed by atoms with Gasteiger partial charge in [-0.1, -0.05) is 6.92 Å². The van der Waals surface area contributed by atoms with Gasteiger partial charge < -0.3 is 15.3 Å². The van der Waals surface area contributed by atoms with Crippen molar-refractivity contribution in [3.63, 3.8) is 0 Å². The van der Waals surface area contributed by atoms with Crippen LogP contribution in [0.1, 0.15) is 6.92 Å². The zero-order valence-electron chi connectivity index (χ0n) is 8.86. The van der Waals surface area contributed by atoms with Gasteiger partial charge in [0.2, 0.25) is 0 Å². The first-order valence-corrected chi connectivity index (χ1v) is 6.02. The molecule has 0 aromatic rings. The SMILES string of the molecule is CCS(=O)CCNC(=O)N(C)CC(=O)O. The molecule has 0 aromatic heterocycles. The normalized spacial score (nSPS) is 11.9. The van der Waals surface area contributed by atoms with Gasteiger partial charge in [0.1, 0.15) is 6.54 Å². The van der Waals surface area contributed by atoms with Gasteiger partial charge in [0.05, 0.1) is 0 Å². The molecule has 0 heterocycles. The predicted molar refractivity (Wildman–Crippen MR) is 57.2 cm³/mol. The smallest absolute Gasteiger partial charge is 0.323 e. The van der Waals surface area contributed by atoms with E-state index in [0.717, 1.165) is 4.90 Å². The van der Waals surface area contributed by atoms with E-state index in [1.54, 1.807) is 6.92 Å². The average molecular weight is 236 g/mol. The Morgan fingerprint density at radius 3 is 2.53 bits per heavy atom. The van der Waals surface area contributed by atoms with Crippen LogP contribution in [0.5, 0.6) is 0 Å². The molecule has 0 saturated heterocycles. The molecule has 2 N–H and O–H groups in total. The molecule has 88 valence electrons. The molecule has 0 spiro atoms. The molecule has 0 saturated carbocycles. The summed E-state index contributed by atoms with van der Waals surface area (Å²) in [5, 5.41) is 10.9. The molecular weight excluding hydrogens is 220 g/mol. The van der Waals surface area contributed by atoms with Gasteiger partial charge in [0, 0.05) is 35.9 Å². The van der Waals surface area contributed by atoms with E-state index in [4.69, 9.17) is 5.11 Å². The second-order valence-corrected chi connectivity index (χ2v) is 4.78. The molecule has 0 radical (unpaired) electrons. The van der Waals surface area contributed by atoms with Gasteiger partial charge in [-0.2, -0.15) is 0 Å². The van der Waals surface area contributed by atoms with Crippen LogP contribution < -0.4 is 5.32 Å². The minimum Gasteiger partial charge on any atom is -0.480 e. The van der Waals surface area contributed by atoms with Gasteiger partial charge >= 0.3 is 12.0 Å². The summed E-state index contributed by atoms with van der Waals surface area (Å²) in [4.78, 5) is 22.5. The molecule has 1 unspecified atom stereocenters. The highest BCUT2D eigenvalue weighted by molar-refractivity contribution is 7.84. The van der Waals surface area contributed by atoms with Crippen molar-refractivity contribution < 1.29 is 18.9 Å². The largest absolute Gasteiger partial charge is 0.480 e. The number of hydrogen-bond acceptors (Lipinski definition) is 3. The summed E-state index contributed by atoms with van der Waals surface area (Å²) >= 11 is 0. The zero-order valence-corrected chi connectivity index (χ0v) is 9.67. The molecule has 0 aromatic carbocycles. The molecule has 0 rings (SSSR count). The lowest BCUT2D eigenvalue weighted by Crippen LogP contribution is -2.41. The quantitative estimate of drug-likeness (QED) is 0.649. The van der Waals surface area contributed by atoms with E-state index in [9.17, 15) is 13.8 Å². The van der Waals surface area contributed by atoms with Gasteiger partial charge in [0.25, 0.3) is 0 Å². The van der Waals surface area contributed by atoms with Crippen molar-refractivity contribution in [2.75, 3.05) is 31.6 Å². The number of carboxylic acid groups (broad SMARTS) is 1. The molecule has 0 aliphatic heterocycles. The number of urea groups is 1. The van der Waals surface area contributed by atoms with Crippen LogP contribution in [-0.2, 0) is 15.6 Å². The van der Waals surface area contributed by atoms with E-state index in [1.807, 2.05) is 0 Å². The van der Waals surface area contributed by atoms with Crippen LogP contribution in [0.15, 0.2) is 0 Å². The maximum atomic E-state index is 11.2. The monoisotopic (exact) mass is 236 g/mol. The molecule has 2 amide bonds. The third-order valence-corrected chi connectivity index (χ3v) is 2.95. The number of aliphatic carboxylic acids is 1. The lowest BCUT2D eigenvalue weighted by Gasteiger charge is -2.15. The minimum atomic E-state index is -1.07. The summed E-state index contributed by atoms with van der Waals surface area (Å²) in [6.45, 7) is 1.75. The second-order valence-electron chi connectivity index (χ2n) is 2.91. The van der Waals surface area contributed by atoms with E-state index < -0.39 is 22.8 Å². The maximum Gasteiger partial charge on any atom is 0.323 e. The fraction of sp³-hybridized carbons (Fsp3) is 0.750. The summed E-state index contributed by atoms with van der Waals surface area (Å²) in [6, 6.07) is -0.467. The molecule has 7 heteroatoms. The second kappa shape index (κ2) is 7.22. The fourth-order valence-corrected chi connectivity index (χ4v) is 1.44. The van der Waals surface area contributed by atoms with Crippen LogP contribution in [0.2, 0.25) is 0 Å². The summed E-state index contributed by atoms with van der Waals surface area (Å²) in [6.07, 6.45) is 0. The summed E-state index contributed by atoms with van der Waals surface area (Å²) in [7, 11) is 0.472. The molecule has 0 aliphatic rings. The first kappa shape index (κ1) is 13.9. The first-order valence-electron chi connectivity index (χ1n) is 4.53. The zero-order chi connectivity index (χ0) is 11.8. The fourth-order valence-electron chi connectivity index (χ4n) is 0.826. The van der Waals surface area contributed by atoms with Crippen LogP contribution in [-0.4, -0.2) is 57.9 Å². The number of amides is 2. The Morgan fingerprint density at radius 1 is 1.47 bits per heavy atom. The Morgan fingerprint density at radius 2 is 2.07 bits per heavy atom. The Hall–Kier alpha value is -1.11. The van der Waals surface area contributed by atoms with Crippen molar-refractivity contribution in [3.05, 3.63) is 0 Å². The first-order chi connectivity index (χ1) is 6.97. The number of carboxylic acids is 1. The van der Waals surface area contributed by atoms with Gasteiger partial charge in [0.15, 0.2) is 0 Å². The van der Waals surface area contributed by atoms with Crippen LogP contribution in [0.3, 0.4) is 0 Å². The number of carbonyl (C=O) groups excluding carboxylic acids is 1. The summed E-state index contributed by atoms with van der Waals surface area (Å²) in [5.74, 6) is -0.117. The third kappa shape index (κ3) is 6.89. The van der Waals surface area contributed by atoms with E-state index in [-0.39, 0.29) is 6.54 Å². The number of hydrogen-bond donors (Lipinski definition) is 2. The highest BCUT2D eigenvalue weighted by atomic mass is 32.2. The maximum absolute atomic E-state index is 11.2. The number of rotatable bonds is 6. The molecular formula is C8H16N2O4S. The average Bonchev–Trinajstić information content (AvgIpc) is 2.16. The molecule has 6 nitrogen and oxygen atoms in total. The number of nitrogens with zero attached hydrogens (tertiary/aromatic N) is 1. The van der Waals surface area contributed by atoms with Crippen molar-refractivity contribution in [3.8, 4) is 0 Å². The minimum absolute atomic E-state index is 0.295. The van der Waals surface area contributed by atoms with Crippen LogP contribution in [0.25, 0.3) is 0 Å². The third-order valence-electron chi connectivity index (χ3n) is 1.65. The molecule has 0 bridgehead atoms. The van der Waals surface area contributed by atoms with Crippen LogP contribution >= 0.6 is 0 Å². The van der Waals surface area contributed by atoms with E-state index >= 15 is 0 Å². The Bertz CT molecular complexity index is 257. The van der Waals surface area contributed by atoms with Gasteiger partial charge in [-0.15, -0.1) is 0 Å². The van der Waals surface area contributed by atoms with Crippen LogP contribution in [0.4, 0.5) is 4.79 Å². The Labute approximate surface area is 91.1 Å². The van der Waals surface area contributed by atoms with E-state index in [0.29, 0.717) is 18.1 Å². The van der Waals surface area contributed by atoms with Gasteiger partial charge in [-0.3, -0.25) is 9.00 Å². The number of likely N-dealkylation sites (N-methyl/N-ethyl adjacent to an activating group) is 1. The standard InChI is InChI=1S/C8H16N2O4S/c1-3-15(14)5-4-9-8(13)10(2)6-7(11)12/h3-6H2,1-2H3,(H,9,13)(H,11,12). The highest BCUT2D eigenvalue weighted by Crippen LogP contribution is 1.85. The van der Waals surface area contributed by atoms with Crippen molar-refractivity contribution in [2.45, 2.75) is 6.92 Å². The lowest BCUT2D eigenvalue weighted by molar-refractivity contribution is -0.137. The van der Waals surface area contributed by atoms with Gasteiger partial charge in [-0.25, -0.2) is 4.79 Å². The molecule has 15 heavy (non-hydrogen) atoms. The number of nitrogens with one attached hydrogen (secondary N) is 1. The molecule has 1 atom stereocenters. The van der Waals surface area contributed by atoms with Crippen molar-refractivity contribution in [1.82, 2.24) is 10.2 Å². The van der Waals surface area contributed by atoms with Crippen LogP contribution in [0, 0.1) is 0 Å². The Balaban J connectivity index is 3.73. The van der Waals surface area contributed by atoms with Crippen molar-refractivity contribution >= 4 is 22.8 Å². The summed E-state index contributed by atoms with van der Waals surface area (Å²) < 4.78 is 11.0. The van der Waals surface area contributed by atoms with E-state index in [2.05, 4.69) is 5.32 Å².